The van der Waals surface area contributed by atoms with E-state index in [1.807, 2.05) is 5.01 Å². The van der Waals surface area contributed by atoms with Crippen molar-refractivity contribution in [3.05, 3.63) is 0 Å². The Morgan fingerprint density at radius 1 is 0.706 bits per heavy atom. The maximum atomic E-state index is 13.0. The van der Waals surface area contributed by atoms with E-state index in [0.29, 0.717) is 44.6 Å². The second-order valence-electron chi connectivity index (χ2n) is 9.43. The van der Waals surface area contributed by atoms with E-state index in [0.717, 1.165) is 104 Å². The number of carbonyl (C=O) groups excluding carboxylic acids is 1. The van der Waals surface area contributed by atoms with Crippen molar-refractivity contribution in [1.29, 1.82) is 0 Å². The van der Waals surface area contributed by atoms with Crippen LogP contribution >= 0.6 is 0 Å². The molecular weight excluding hydrogens is 440 g/mol. The number of ether oxygens (including phenoxy) is 6. The van der Waals surface area contributed by atoms with Crippen molar-refractivity contribution in [2.75, 3.05) is 79.1 Å². The van der Waals surface area contributed by atoms with Crippen LogP contribution in [-0.4, -0.2) is 113 Å². The molecule has 3 saturated heterocycles. The zero-order valence-corrected chi connectivity index (χ0v) is 21.1. The third-order valence-electron chi connectivity index (χ3n) is 6.03. The number of amides is 1. The lowest BCUT2D eigenvalue weighted by molar-refractivity contribution is -0.150. The molecule has 0 radical (unpaired) electrons. The lowest BCUT2D eigenvalue weighted by Gasteiger charge is -2.35. The molecule has 0 aromatic carbocycles. The van der Waals surface area contributed by atoms with Crippen molar-refractivity contribution in [3.8, 4) is 0 Å². The van der Waals surface area contributed by atoms with Crippen LogP contribution in [-0.2, 0) is 33.2 Å². The Balaban J connectivity index is 1.37. The summed E-state index contributed by atoms with van der Waals surface area (Å²) < 4.78 is 32.6. The Bertz CT molecular complexity index is 517. The quantitative estimate of drug-likeness (QED) is 0.117. The van der Waals surface area contributed by atoms with Gasteiger partial charge in [0.2, 0.25) is 5.91 Å². The van der Waals surface area contributed by atoms with Gasteiger partial charge in [-0.15, -0.1) is 0 Å². The van der Waals surface area contributed by atoms with Gasteiger partial charge in [0.15, 0.2) is 0 Å². The molecular formula is C25H46N2O7. The third kappa shape index (κ3) is 13.3. The average molecular weight is 487 g/mol. The Labute approximate surface area is 205 Å². The number of nitrogens with zero attached hydrogens (tertiary/aromatic N) is 2. The third-order valence-corrected chi connectivity index (χ3v) is 6.03. The van der Waals surface area contributed by atoms with E-state index < -0.39 is 0 Å². The Kier molecular flexibility index (Phi) is 13.7. The molecule has 3 aliphatic heterocycles. The van der Waals surface area contributed by atoms with E-state index >= 15 is 0 Å². The van der Waals surface area contributed by atoms with Crippen LogP contribution in [0.25, 0.3) is 0 Å². The monoisotopic (exact) mass is 486 g/mol. The van der Waals surface area contributed by atoms with Gasteiger partial charge >= 0.3 is 0 Å². The topological polar surface area (TPSA) is 88.8 Å². The highest BCUT2D eigenvalue weighted by Crippen LogP contribution is 2.13. The lowest BCUT2D eigenvalue weighted by atomic mass is 10.2. The smallest absolute Gasteiger partial charge is 0.236 e. The van der Waals surface area contributed by atoms with Crippen molar-refractivity contribution in [2.24, 2.45) is 0 Å². The molecule has 3 unspecified atom stereocenters. The van der Waals surface area contributed by atoms with Gasteiger partial charge < -0.3 is 28.4 Å². The predicted octanol–water partition coefficient (Wildman–Crippen LogP) is 2.42. The van der Waals surface area contributed by atoms with Crippen LogP contribution < -0.4 is 0 Å². The van der Waals surface area contributed by atoms with E-state index in [1.165, 1.54) is 0 Å². The Morgan fingerprint density at radius 2 is 1.12 bits per heavy atom. The molecule has 0 aromatic rings. The summed E-state index contributed by atoms with van der Waals surface area (Å²) in [4.78, 5) is 13.0. The first-order chi connectivity index (χ1) is 16.8. The standard InChI is InChI=1S/C25H46N2O7/c1-2-9-25(28)27(12-5-8-15-31-18-24-21-34-24)26(10-3-6-13-29-16-22-19-32-22)11-4-7-14-30-17-23-20-33-23/h22-24H,2-21H2,1H3. The van der Waals surface area contributed by atoms with Crippen molar-refractivity contribution in [3.63, 3.8) is 0 Å². The summed E-state index contributed by atoms with van der Waals surface area (Å²) >= 11 is 0. The molecule has 9 nitrogen and oxygen atoms in total. The Morgan fingerprint density at radius 3 is 1.50 bits per heavy atom. The van der Waals surface area contributed by atoms with Gasteiger partial charge in [0.1, 0.15) is 18.3 Å². The summed E-state index contributed by atoms with van der Waals surface area (Å²) in [5.74, 6) is 0.221. The van der Waals surface area contributed by atoms with Gasteiger partial charge in [-0.3, -0.25) is 9.80 Å². The van der Waals surface area contributed by atoms with Crippen LogP contribution in [0.1, 0.15) is 58.3 Å². The first-order valence-electron chi connectivity index (χ1n) is 13.4. The zero-order chi connectivity index (χ0) is 23.8. The molecule has 0 N–H and O–H groups in total. The average Bonchev–Trinajstić information content (AvgIpc) is 3.68. The summed E-state index contributed by atoms with van der Waals surface area (Å²) in [7, 11) is 0. The van der Waals surface area contributed by atoms with E-state index in [9.17, 15) is 4.79 Å². The zero-order valence-electron chi connectivity index (χ0n) is 21.1. The summed E-state index contributed by atoms with van der Waals surface area (Å²) in [5, 5.41) is 4.27. The second kappa shape index (κ2) is 16.8. The molecule has 3 rings (SSSR count). The molecule has 3 atom stereocenters. The molecule has 0 spiro atoms. The highest BCUT2D eigenvalue weighted by Gasteiger charge is 2.24. The summed E-state index contributed by atoms with van der Waals surface area (Å²) in [6.07, 6.45) is 8.24. The highest BCUT2D eigenvalue weighted by atomic mass is 16.6. The van der Waals surface area contributed by atoms with E-state index in [2.05, 4.69) is 11.9 Å². The minimum atomic E-state index is 0.221. The van der Waals surface area contributed by atoms with Crippen LogP contribution in [0.3, 0.4) is 0 Å². The van der Waals surface area contributed by atoms with Crippen molar-refractivity contribution in [2.45, 2.75) is 76.6 Å². The van der Waals surface area contributed by atoms with E-state index in [-0.39, 0.29) is 5.91 Å². The maximum absolute atomic E-state index is 13.0. The number of carbonyl (C=O) groups is 1. The number of hydrogen-bond acceptors (Lipinski definition) is 8. The fourth-order valence-electron chi connectivity index (χ4n) is 3.72. The van der Waals surface area contributed by atoms with Crippen molar-refractivity contribution in [1.82, 2.24) is 10.0 Å². The molecule has 0 aromatic heterocycles. The van der Waals surface area contributed by atoms with Crippen molar-refractivity contribution >= 4 is 5.91 Å². The summed E-state index contributed by atoms with van der Waals surface area (Å²) in [6.45, 7) is 11.3. The van der Waals surface area contributed by atoms with E-state index in [1.54, 1.807) is 0 Å². The minimum Gasteiger partial charge on any atom is -0.379 e. The number of unbranched alkanes of at least 4 members (excludes halogenated alkanes) is 3. The van der Waals surface area contributed by atoms with Gasteiger partial charge in [-0.25, -0.2) is 5.01 Å². The molecule has 9 heteroatoms. The van der Waals surface area contributed by atoms with E-state index in [4.69, 9.17) is 28.4 Å². The summed E-state index contributed by atoms with van der Waals surface area (Å²) in [5.41, 5.74) is 0. The van der Waals surface area contributed by atoms with Crippen LogP contribution in [0.4, 0.5) is 0 Å². The first kappa shape index (κ1) is 27.8. The van der Waals surface area contributed by atoms with Crippen molar-refractivity contribution < 1.29 is 33.2 Å². The molecule has 3 heterocycles. The Hall–Kier alpha value is -0.810. The van der Waals surface area contributed by atoms with Crippen LogP contribution in [0.15, 0.2) is 0 Å². The highest BCUT2D eigenvalue weighted by molar-refractivity contribution is 5.75. The van der Waals surface area contributed by atoms with Crippen LogP contribution in [0.2, 0.25) is 0 Å². The molecule has 34 heavy (non-hydrogen) atoms. The molecule has 3 aliphatic rings. The molecule has 198 valence electrons. The summed E-state index contributed by atoms with van der Waals surface area (Å²) in [6, 6.07) is 0. The number of epoxide rings is 3. The SMILES string of the molecule is CCCC(=O)N(CCCCOCC1CO1)N(CCCCOCC1CO1)CCCCOCC1CO1. The number of hydrazine groups is 1. The fraction of sp³-hybridized carbons (Fsp3) is 0.960. The molecule has 0 saturated carbocycles. The van der Waals surface area contributed by atoms with Gasteiger partial charge in [-0.2, -0.15) is 0 Å². The van der Waals surface area contributed by atoms with Gasteiger partial charge in [0.25, 0.3) is 0 Å². The van der Waals surface area contributed by atoms with Crippen LogP contribution in [0, 0.1) is 0 Å². The number of rotatable bonds is 24. The lowest BCUT2D eigenvalue weighted by Crippen LogP contribution is -2.48. The maximum Gasteiger partial charge on any atom is 0.236 e. The van der Waals surface area contributed by atoms with Crippen LogP contribution in [0.5, 0.6) is 0 Å². The first-order valence-corrected chi connectivity index (χ1v) is 13.4. The molecule has 0 bridgehead atoms. The normalized spacial score (nSPS) is 22.8. The predicted molar refractivity (Wildman–Crippen MR) is 128 cm³/mol. The minimum absolute atomic E-state index is 0.221. The molecule has 1 amide bonds. The van der Waals surface area contributed by atoms with Gasteiger partial charge in [-0.1, -0.05) is 6.92 Å². The number of hydrogen-bond donors (Lipinski definition) is 0. The second-order valence-corrected chi connectivity index (χ2v) is 9.43. The molecule has 0 aliphatic carbocycles. The van der Waals surface area contributed by atoms with Gasteiger partial charge in [0, 0.05) is 45.9 Å². The fourth-order valence-corrected chi connectivity index (χ4v) is 3.72. The molecule has 3 fully saturated rings. The largest absolute Gasteiger partial charge is 0.379 e. The van der Waals surface area contributed by atoms with Gasteiger partial charge in [0.05, 0.1) is 39.6 Å². The van der Waals surface area contributed by atoms with Gasteiger partial charge in [-0.05, 0) is 44.9 Å².